The van der Waals surface area contributed by atoms with Crippen LogP contribution in [-0.4, -0.2) is 94.0 Å². The minimum absolute atomic E-state index is 0.0167. The first-order valence-electron chi connectivity index (χ1n) is 12.4. The Balaban J connectivity index is 1.54. The Kier molecular flexibility index (Phi) is 8.71. The summed E-state index contributed by atoms with van der Waals surface area (Å²) in [5.41, 5.74) is 5.86. The normalized spacial score (nSPS) is 16.1. The number of carbonyl (C=O) groups excluding carboxylic acids is 2. The number of rotatable bonds is 8. The molecule has 0 unspecified atom stereocenters. The van der Waals surface area contributed by atoms with Crippen molar-refractivity contribution in [2.24, 2.45) is 0 Å². The number of nitrogens with two attached hydrogens (primary N) is 1. The smallest absolute Gasteiger partial charge is 0.281 e. The molecule has 4 rings (SSSR count). The lowest BCUT2D eigenvalue weighted by Gasteiger charge is -2.35. The summed E-state index contributed by atoms with van der Waals surface area (Å²) in [6.07, 6.45) is 0.147. The second-order valence-electron chi connectivity index (χ2n) is 9.24. The fraction of sp³-hybridized carbons (Fsp3) is 0.542. The number of halogens is 2. The monoisotopic (exact) mass is 531 g/mol. The molecule has 0 bridgehead atoms. The summed E-state index contributed by atoms with van der Waals surface area (Å²) < 4.78 is 33.0. The topological polar surface area (TPSA) is 144 Å². The second-order valence-corrected chi connectivity index (χ2v) is 9.24. The van der Waals surface area contributed by atoms with Crippen LogP contribution in [0.2, 0.25) is 0 Å². The molecule has 2 aliphatic heterocycles. The lowest BCUT2D eigenvalue weighted by Crippen LogP contribution is -2.49. The Bertz CT molecular complexity index is 1190. The molecular weight excluding hydrogens is 500 g/mol. The van der Waals surface area contributed by atoms with Gasteiger partial charge in [0.25, 0.3) is 6.43 Å². The average molecular weight is 532 g/mol. The maximum Gasteiger partial charge on any atom is 0.281 e. The highest BCUT2D eigenvalue weighted by atomic mass is 19.3. The zero-order valence-electron chi connectivity index (χ0n) is 21.4. The summed E-state index contributed by atoms with van der Waals surface area (Å²) >= 11 is 0. The van der Waals surface area contributed by atoms with Crippen molar-refractivity contribution in [2.75, 3.05) is 68.0 Å². The van der Waals surface area contributed by atoms with Crippen LogP contribution in [0.25, 0.3) is 11.4 Å². The molecule has 0 atom stereocenters. The van der Waals surface area contributed by atoms with Crippen molar-refractivity contribution in [1.29, 1.82) is 0 Å². The second kappa shape index (κ2) is 12.2. The zero-order valence-corrected chi connectivity index (χ0v) is 21.4. The van der Waals surface area contributed by atoms with Gasteiger partial charge in [0.1, 0.15) is 5.69 Å². The number of carbonyl (C=O) groups is 2. The molecule has 2 saturated heterocycles. The molecule has 1 amide bonds. The van der Waals surface area contributed by atoms with Gasteiger partial charge in [0.2, 0.25) is 23.8 Å². The van der Waals surface area contributed by atoms with E-state index < -0.39 is 12.1 Å². The quantitative estimate of drug-likeness (QED) is 0.497. The lowest BCUT2D eigenvalue weighted by molar-refractivity contribution is -0.133. The number of nitrogen functional groups attached to an aromatic ring is 1. The van der Waals surface area contributed by atoms with E-state index in [0.717, 1.165) is 5.57 Å². The van der Waals surface area contributed by atoms with E-state index in [1.165, 1.54) is 6.20 Å². The highest BCUT2D eigenvalue weighted by Crippen LogP contribution is 2.30. The van der Waals surface area contributed by atoms with Crippen molar-refractivity contribution in [3.63, 3.8) is 0 Å². The van der Waals surface area contributed by atoms with Crippen LogP contribution in [0.1, 0.15) is 38.8 Å². The van der Waals surface area contributed by atoms with Crippen molar-refractivity contribution in [3.8, 4) is 11.4 Å². The molecule has 0 aromatic carbocycles. The van der Waals surface area contributed by atoms with Gasteiger partial charge >= 0.3 is 0 Å². The molecule has 2 aromatic rings. The zero-order chi connectivity index (χ0) is 27.2. The van der Waals surface area contributed by atoms with Crippen LogP contribution < -0.4 is 15.5 Å². The molecule has 0 saturated carbocycles. The average Bonchev–Trinajstić information content (AvgIpc) is 2.91. The Morgan fingerprint density at radius 1 is 0.974 bits per heavy atom. The van der Waals surface area contributed by atoms with Gasteiger partial charge in [-0.3, -0.25) is 9.59 Å². The van der Waals surface area contributed by atoms with Crippen LogP contribution in [0.5, 0.6) is 0 Å². The Hall–Kier alpha value is -3.81. The number of amides is 1. The van der Waals surface area contributed by atoms with Crippen molar-refractivity contribution in [2.45, 2.75) is 33.1 Å². The van der Waals surface area contributed by atoms with E-state index in [0.29, 0.717) is 64.4 Å². The summed E-state index contributed by atoms with van der Waals surface area (Å²) in [5, 5.41) is 0. The Morgan fingerprint density at radius 2 is 1.61 bits per heavy atom. The van der Waals surface area contributed by atoms with Gasteiger partial charge in [0.15, 0.2) is 11.6 Å². The fourth-order valence-electron chi connectivity index (χ4n) is 4.21. The van der Waals surface area contributed by atoms with Crippen LogP contribution >= 0.6 is 0 Å². The summed E-state index contributed by atoms with van der Waals surface area (Å²) in [6.45, 7) is 7.41. The maximum atomic E-state index is 13.8. The summed E-state index contributed by atoms with van der Waals surface area (Å²) in [5.74, 6) is 0.227. The first-order chi connectivity index (χ1) is 18.2. The minimum Gasteiger partial charge on any atom is -0.378 e. The highest BCUT2D eigenvalue weighted by Gasteiger charge is 2.27. The van der Waals surface area contributed by atoms with E-state index in [1.807, 2.05) is 23.6 Å². The number of hydrogen-bond donors (Lipinski definition) is 1. The van der Waals surface area contributed by atoms with Gasteiger partial charge in [-0.05, 0) is 19.9 Å². The number of ether oxygens (including phenoxy) is 1. The number of allylic oxidation sites excluding steroid dienone is 2. The predicted octanol–water partition coefficient (Wildman–Crippen LogP) is 1.65. The maximum absolute atomic E-state index is 13.8. The molecule has 0 radical (unpaired) electrons. The molecule has 38 heavy (non-hydrogen) atoms. The standard InChI is InChI=1S/C24H31F2N9O3/c1-15(2)13-16(36)3-4-18(37)33-5-7-34(8-6-33)23-30-21(17-14-28-22(27)29-19(17)20(25)26)31-24(32-23)35-9-11-38-12-10-35/h13-14,20H,3-12H2,1-2H3,(H2,27,28,29). The molecule has 0 spiro atoms. The molecule has 14 heteroatoms. The van der Waals surface area contributed by atoms with Crippen LogP contribution in [0.4, 0.5) is 26.6 Å². The van der Waals surface area contributed by atoms with Crippen molar-refractivity contribution in [3.05, 3.63) is 23.5 Å². The number of anilines is 3. The molecule has 4 heterocycles. The summed E-state index contributed by atoms with van der Waals surface area (Å²) in [7, 11) is 0. The largest absolute Gasteiger partial charge is 0.378 e. The number of ketones is 1. The minimum atomic E-state index is -2.90. The van der Waals surface area contributed by atoms with Crippen LogP contribution in [-0.2, 0) is 14.3 Å². The fourth-order valence-corrected chi connectivity index (χ4v) is 4.21. The predicted molar refractivity (Wildman–Crippen MR) is 136 cm³/mol. The van der Waals surface area contributed by atoms with Gasteiger partial charge in [0, 0.05) is 58.3 Å². The van der Waals surface area contributed by atoms with E-state index in [1.54, 1.807) is 11.0 Å². The molecule has 2 aromatic heterocycles. The number of nitrogens with zero attached hydrogens (tertiary/aromatic N) is 8. The molecule has 2 N–H and O–H groups in total. The SMILES string of the molecule is CC(C)=CC(=O)CCC(=O)N1CCN(c2nc(-c3cnc(N)nc3C(F)F)nc(N3CCOCC3)n2)CC1. The van der Waals surface area contributed by atoms with E-state index in [2.05, 4.69) is 24.9 Å². The first-order valence-corrected chi connectivity index (χ1v) is 12.4. The third-order valence-corrected chi connectivity index (χ3v) is 6.14. The number of aromatic nitrogens is 5. The lowest BCUT2D eigenvalue weighted by atomic mass is 10.1. The van der Waals surface area contributed by atoms with Gasteiger partial charge in [-0.1, -0.05) is 5.57 Å². The first kappa shape index (κ1) is 27.2. The molecular formula is C24H31F2N9O3. The van der Waals surface area contributed by atoms with Crippen molar-refractivity contribution in [1.82, 2.24) is 29.8 Å². The van der Waals surface area contributed by atoms with E-state index in [4.69, 9.17) is 10.5 Å². The molecule has 204 valence electrons. The molecule has 12 nitrogen and oxygen atoms in total. The Labute approximate surface area is 218 Å². The van der Waals surface area contributed by atoms with Gasteiger partial charge in [-0.2, -0.15) is 15.0 Å². The third-order valence-electron chi connectivity index (χ3n) is 6.14. The van der Waals surface area contributed by atoms with Crippen LogP contribution in [0.3, 0.4) is 0 Å². The highest BCUT2D eigenvalue weighted by molar-refractivity contribution is 5.93. The van der Waals surface area contributed by atoms with Gasteiger partial charge in [0.05, 0.1) is 18.8 Å². The third kappa shape index (κ3) is 6.73. The molecule has 0 aliphatic carbocycles. The van der Waals surface area contributed by atoms with E-state index in [9.17, 15) is 18.4 Å². The molecule has 2 fully saturated rings. The van der Waals surface area contributed by atoms with E-state index >= 15 is 0 Å². The van der Waals surface area contributed by atoms with Crippen LogP contribution in [0.15, 0.2) is 17.8 Å². The number of piperazine rings is 1. The Morgan fingerprint density at radius 3 is 2.21 bits per heavy atom. The summed E-state index contributed by atoms with van der Waals surface area (Å²) in [4.78, 5) is 51.2. The van der Waals surface area contributed by atoms with Crippen molar-refractivity contribution >= 4 is 29.5 Å². The number of alkyl halides is 2. The number of hydrogen-bond acceptors (Lipinski definition) is 11. The van der Waals surface area contributed by atoms with Gasteiger partial charge in [-0.25, -0.2) is 18.7 Å². The summed E-state index contributed by atoms with van der Waals surface area (Å²) in [6, 6.07) is 0. The van der Waals surface area contributed by atoms with E-state index in [-0.39, 0.29) is 41.9 Å². The van der Waals surface area contributed by atoms with Gasteiger partial charge in [-0.15, -0.1) is 0 Å². The molecule has 2 aliphatic rings. The number of morpholine rings is 1. The van der Waals surface area contributed by atoms with Crippen LogP contribution in [0, 0.1) is 0 Å². The van der Waals surface area contributed by atoms with Gasteiger partial charge < -0.3 is 25.2 Å². The van der Waals surface area contributed by atoms with Crippen molar-refractivity contribution < 1.29 is 23.1 Å².